The van der Waals surface area contributed by atoms with E-state index in [0.29, 0.717) is 0 Å². The Kier molecular flexibility index (Phi) is 4.35. The molecule has 3 heteroatoms. The van der Waals surface area contributed by atoms with Crippen LogP contribution in [0.4, 0.5) is 0 Å². The molecule has 22 heavy (non-hydrogen) atoms. The third-order valence-corrected chi connectivity index (χ3v) is 5.51. The van der Waals surface area contributed by atoms with Gasteiger partial charge in [-0.15, -0.1) is 0 Å². The molecule has 3 rings (SSSR count). The quantitative estimate of drug-likeness (QED) is 0.560. The summed E-state index contributed by atoms with van der Waals surface area (Å²) in [6.07, 6.45) is 0. The maximum absolute atomic E-state index is 6.41. The van der Waals surface area contributed by atoms with Crippen molar-refractivity contribution in [3.8, 4) is 0 Å². The standard InChI is InChI=1S/C19H19N2P/c20-22(21)19(16-10-4-1-5-11-16,17-12-6-2-7-13-17)18-14-8-3-9-15-18/h1-15H,20-21H2. The Morgan fingerprint density at radius 2 is 0.773 bits per heavy atom. The Morgan fingerprint density at radius 3 is 1.00 bits per heavy atom. The molecule has 0 aliphatic rings. The minimum absolute atomic E-state index is 0.501. The molecule has 0 amide bonds. The molecule has 0 saturated carbocycles. The molecular weight excluding hydrogens is 287 g/mol. The second-order valence-electron chi connectivity index (χ2n) is 5.22. The van der Waals surface area contributed by atoms with Crippen LogP contribution in [0.1, 0.15) is 16.7 Å². The van der Waals surface area contributed by atoms with Gasteiger partial charge >= 0.3 is 0 Å². The minimum Gasteiger partial charge on any atom is -0.297 e. The average molecular weight is 306 g/mol. The molecule has 0 atom stereocenters. The average Bonchev–Trinajstić information content (AvgIpc) is 2.58. The minimum atomic E-state index is -1.28. The molecule has 0 fully saturated rings. The first-order valence-corrected chi connectivity index (χ1v) is 8.70. The molecule has 0 aliphatic heterocycles. The van der Waals surface area contributed by atoms with Gasteiger partial charge in [-0.2, -0.15) is 0 Å². The summed E-state index contributed by atoms with van der Waals surface area (Å²) in [5, 5.41) is -0.501. The molecule has 0 aromatic heterocycles. The molecule has 0 radical (unpaired) electrons. The van der Waals surface area contributed by atoms with Crippen molar-refractivity contribution in [1.82, 2.24) is 0 Å². The summed E-state index contributed by atoms with van der Waals surface area (Å²) < 4.78 is 0. The Morgan fingerprint density at radius 1 is 0.500 bits per heavy atom. The lowest BCUT2D eigenvalue weighted by Gasteiger charge is -2.38. The van der Waals surface area contributed by atoms with Crippen LogP contribution >= 0.6 is 8.22 Å². The second kappa shape index (κ2) is 6.41. The summed E-state index contributed by atoms with van der Waals surface area (Å²) in [6, 6.07) is 30.9. The largest absolute Gasteiger partial charge is 0.297 e. The number of hydrogen-bond acceptors (Lipinski definition) is 2. The zero-order chi connectivity index (χ0) is 15.4. The van der Waals surface area contributed by atoms with Crippen molar-refractivity contribution in [3.05, 3.63) is 108 Å². The van der Waals surface area contributed by atoms with Crippen LogP contribution in [-0.2, 0) is 5.16 Å². The van der Waals surface area contributed by atoms with Crippen molar-refractivity contribution >= 4 is 8.22 Å². The van der Waals surface area contributed by atoms with Crippen molar-refractivity contribution in [2.75, 3.05) is 0 Å². The van der Waals surface area contributed by atoms with E-state index in [1.54, 1.807) is 0 Å². The van der Waals surface area contributed by atoms with Crippen LogP contribution < -0.4 is 11.0 Å². The Labute approximate surface area is 132 Å². The third kappa shape index (κ3) is 2.46. The Bertz CT molecular complexity index is 616. The summed E-state index contributed by atoms with van der Waals surface area (Å²) in [5.41, 5.74) is 16.2. The highest BCUT2D eigenvalue weighted by Crippen LogP contribution is 2.54. The zero-order valence-corrected chi connectivity index (χ0v) is 13.2. The van der Waals surface area contributed by atoms with Crippen LogP contribution in [0.5, 0.6) is 0 Å². The van der Waals surface area contributed by atoms with E-state index < -0.39 is 13.4 Å². The SMILES string of the molecule is NP(N)C(c1ccccc1)(c1ccccc1)c1ccccc1. The maximum Gasteiger partial charge on any atom is 0.0914 e. The summed E-state index contributed by atoms with van der Waals surface area (Å²) in [6.45, 7) is 0. The normalized spacial score (nSPS) is 11.6. The fraction of sp³-hybridized carbons (Fsp3) is 0.0526. The predicted octanol–water partition coefficient (Wildman–Crippen LogP) is 4.21. The lowest BCUT2D eigenvalue weighted by Crippen LogP contribution is -2.33. The van der Waals surface area contributed by atoms with E-state index in [9.17, 15) is 0 Å². The van der Waals surface area contributed by atoms with E-state index in [1.165, 1.54) is 0 Å². The number of hydrogen-bond donors (Lipinski definition) is 2. The molecule has 0 unspecified atom stereocenters. The van der Waals surface area contributed by atoms with Crippen LogP contribution in [0.3, 0.4) is 0 Å². The molecule has 0 bridgehead atoms. The van der Waals surface area contributed by atoms with Gasteiger partial charge in [0.05, 0.1) is 5.16 Å². The van der Waals surface area contributed by atoms with E-state index in [2.05, 4.69) is 36.4 Å². The van der Waals surface area contributed by atoms with Crippen molar-refractivity contribution in [3.63, 3.8) is 0 Å². The molecule has 110 valence electrons. The van der Waals surface area contributed by atoms with Crippen LogP contribution in [0.2, 0.25) is 0 Å². The first-order valence-electron chi connectivity index (χ1n) is 7.22. The molecule has 0 aliphatic carbocycles. The van der Waals surface area contributed by atoms with Gasteiger partial charge in [0.25, 0.3) is 0 Å². The molecule has 4 N–H and O–H groups in total. The van der Waals surface area contributed by atoms with Gasteiger partial charge in [-0.05, 0) is 16.7 Å². The Balaban J connectivity index is 2.34. The fourth-order valence-corrected chi connectivity index (χ4v) is 4.33. The van der Waals surface area contributed by atoms with Gasteiger partial charge in [0.2, 0.25) is 0 Å². The van der Waals surface area contributed by atoms with Gasteiger partial charge in [-0.25, -0.2) is 0 Å². The first-order chi connectivity index (χ1) is 10.8. The monoisotopic (exact) mass is 306 g/mol. The number of nitrogens with two attached hydrogens (primary N) is 2. The van der Waals surface area contributed by atoms with E-state index in [-0.39, 0.29) is 0 Å². The molecule has 0 spiro atoms. The van der Waals surface area contributed by atoms with Crippen LogP contribution in [0.25, 0.3) is 0 Å². The highest BCUT2D eigenvalue weighted by Gasteiger charge is 2.40. The summed E-state index contributed by atoms with van der Waals surface area (Å²) >= 11 is 0. The second-order valence-corrected chi connectivity index (χ2v) is 6.70. The van der Waals surface area contributed by atoms with Crippen molar-refractivity contribution in [2.45, 2.75) is 5.16 Å². The maximum atomic E-state index is 6.41. The third-order valence-electron chi connectivity index (χ3n) is 3.96. The van der Waals surface area contributed by atoms with Gasteiger partial charge in [0.15, 0.2) is 0 Å². The molecular formula is C19H19N2P. The molecule has 3 aromatic carbocycles. The van der Waals surface area contributed by atoms with Crippen molar-refractivity contribution in [1.29, 1.82) is 0 Å². The van der Waals surface area contributed by atoms with E-state index >= 15 is 0 Å². The van der Waals surface area contributed by atoms with E-state index in [4.69, 9.17) is 11.0 Å². The summed E-state index contributed by atoms with van der Waals surface area (Å²) in [7, 11) is -1.28. The van der Waals surface area contributed by atoms with Gasteiger partial charge in [0, 0.05) is 8.22 Å². The van der Waals surface area contributed by atoms with Crippen molar-refractivity contribution in [2.24, 2.45) is 11.0 Å². The van der Waals surface area contributed by atoms with Gasteiger partial charge < -0.3 is 0 Å². The molecule has 0 saturated heterocycles. The lowest BCUT2D eigenvalue weighted by molar-refractivity contribution is 0.872. The van der Waals surface area contributed by atoms with Gasteiger partial charge in [-0.1, -0.05) is 91.0 Å². The number of benzene rings is 3. The highest BCUT2D eigenvalue weighted by atomic mass is 31.1. The molecule has 0 heterocycles. The van der Waals surface area contributed by atoms with Gasteiger partial charge in [0.1, 0.15) is 0 Å². The van der Waals surface area contributed by atoms with E-state index in [1.807, 2.05) is 54.6 Å². The van der Waals surface area contributed by atoms with Crippen LogP contribution in [0, 0.1) is 0 Å². The topological polar surface area (TPSA) is 52.0 Å². The number of rotatable bonds is 4. The highest BCUT2D eigenvalue weighted by molar-refractivity contribution is 7.54. The van der Waals surface area contributed by atoms with E-state index in [0.717, 1.165) is 16.7 Å². The smallest absolute Gasteiger partial charge is 0.0914 e. The van der Waals surface area contributed by atoms with Crippen LogP contribution in [-0.4, -0.2) is 0 Å². The zero-order valence-electron chi connectivity index (χ0n) is 12.3. The lowest BCUT2D eigenvalue weighted by atomic mass is 9.84. The molecule has 2 nitrogen and oxygen atoms in total. The summed E-state index contributed by atoms with van der Waals surface area (Å²) in [4.78, 5) is 0. The van der Waals surface area contributed by atoms with Gasteiger partial charge in [-0.3, -0.25) is 11.0 Å². The first kappa shape index (κ1) is 14.9. The Hall–Kier alpha value is -1.99. The molecule has 3 aromatic rings. The van der Waals surface area contributed by atoms with Crippen molar-refractivity contribution < 1.29 is 0 Å². The van der Waals surface area contributed by atoms with Crippen LogP contribution in [0.15, 0.2) is 91.0 Å². The fourth-order valence-electron chi connectivity index (χ4n) is 2.99. The summed E-state index contributed by atoms with van der Waals surface area (Å²) in [5.74, 6) is 0. The predicted molar refractivity (Wildman–Crippen MR) is 94.5 cm³/mol.